The van der Waals surface area contributed by atoms with Crippen LogP contribution in [0.5, 0.6) is 0 Å². The first-order valence-electron chi connectivity index (χ1n) is 6.85. The van der Waals surface area contributed by atoms with Gasteiger partial charge in [-0.15, -0.1) is 11.3 Å². The maximum absolute atomic E-state index is 13.3. The summed E-state index contributed by atoms with van der Waals surface area (Å²) in [4.78, 5) is 24.3. The molecule has 0 fully saturated rings. The minimum Gasteiger partial charge on any atom is -0.296 e. The van der Waals surface area contributed by atoms with Crippen molar-refractivity contribution < 1.29 is 9.18 Å². The molecule has 116 valence electrons. The Labute approximate surface area is 136 Å². The lowest BCUT2D eigenvalue weighted by Crippen LogP contribution is -2.14. The van der Waals surface area contributed by atoms with E-state index in [0.717, 1.165) is 5.69 Å². The van der Waals surface area contributed by atoms with Gasteiger partial charge in [-0.25, -0.2) is 15.0 Å². The van der Waals surface area contributed by atoms with E-state index in [-0.39, 0.29) is 11.6 Å². The number of aryl methyl sites for hydroxylation is 2. The van der Waals surface area contributed by atoms with Crippen LogP contribution in [0.1, 0.15) is 21.9 Å². The van der Waals surface area contributed by atoms with Crippen LogP contribution >= 0.6 is 11.3 Å². The van der Waals surface area contributed by atoms with Crippen LogP contribution in [0.15, 0.2) is 35.8 Å². The first-order valence-corrected chi connectivity index (χ1v) is 7.73. The Hall–Kier alpha value is -2.67. The second-order valence-electron chi connectivity index (χ2n) is 5.00. The lowest BCUT2D eigenvalue weighted by atomic mass is 10.1. The van der Waals surface area contributed by atoms with E-state index in [9.17, 15) is 9.18 Å². The van der Waals surface area contributed by atoms with Crippen LogP contribution in [0.25, 0.3) is 11.1 Å². The molecular weight excluding hydrogens is 315 g/mol. The predicted octanol–water partition coefficient (Wildman–Crippen LogP) is 3.61. The topological polar surface area (TPSA) is 67.8 Å². The van der Waals surface area contributed by atoms with E-state index in [4.69, 9.17) is 0 Å². The number of halogens is 1. The van der Waals surface area contributed by atoms with Crippen LogP contribution in [0.3, 0.4) is 0 Å². The van der Waals surface area contributed by atoms with Crippen molar-refractivity contribution in [2.75, 3.05) is 5.32 Å². The van der Waals surface area contributed by atoms with Crippen LogP contribution in [0.4, 0.5) is 9.52 Å². The Bertz CT molecular complexity index is 878. The average molecular weight is 328 g/mol. The van der Waals surface area contributed by atoms with Crippen molar-refractivity contribution in [1.82, 2.24) is 15.0 Å². The number of carbonyl (C=O) groups excluding carboxylic acids is 1. The number of hydrogen-bond donors (Lipinski definition) is 1. The Morgan fingerprint density at radius 1 is 1.13 bits per heavy atom. The van der Waals surface area contributed by atoms with E-state index in [0.29, 0.717) is 22.0 Å². The van der Waals surface area contributed by atoms with Crippen molar-refractivity contribution in [2.24, 2.45) is 0 Å². The van der Waals surface area contributed by atoms with Gasteiger partial charge in [-0.1, -0.05) is 0 Å². The molecule has 3 aromatic heterocycles. The number of nitrogens with zero attached hydrogens (tertiary/aromatic N) is 3. The number of amides is 1. The molecule has 0 bridgehead atoms. The monoisotopic (exact) mass is 328 g/mol. The maximum atomic E-state index is 13.3. The van der Waals surface area contributed by atoms with Gasteiger partial charge in [0, 0.05) is 23.3 Å². The van der Waals surface area contributed by atoms with Crippen LogP contribution < -0.4 is 5.32 Å². The summed E-state index contributed by atoms with van der Waals surface area (Å²) < 4.78 is 13.3. The third-order valence-corrected chi connectivity index (χ3v) is 3.96. The first kappa shape index (κ1) is 15.2. The van der Waals surface area contributed by atoms with Gasteiger partial charge < -0.3 is 0 Å². The molecule has 1 N–H and O–H groups in total. The van der Waals surface area contributed by atoms with Gasteiger partial charge in [0.2, 0.25) is 5.95 Å². The Morgan fingerprint density at radius 3 is 2.65 bits per heavy atom. The number of aromatic nitrogens is 3. The SMILES string of the molecule is Cc1cc(-c2ccnc(F)c2)cc(C(=O)Nc2nc(C)cs2)n1. The molecule has 0 aromatic carbocycles. The fraction of sp³-hybridized carbons (Fsp3) is 0.125. The molecule has 0 atom stereocenters. The Balaban J connectivity index is 1.92. The Kier molecular flexibility index (Phi) is 4.12. The normalized spacial score (nSPS) is 10.6. The van der Waals surface area contributed by atoms with Gasteiger partial charge in [-0.2, -0.15) is 4.39 Å². The van der Waals surface area contributed by atoms with Gasteiger partial charge in [-0.05, 0) is 43.2 Å². The standard InChI is InChI=1S/C16H13FN4OS/c1-9-5-12(11-3-4-18-14(17)7-11)6-13(19-9)15(22)21-16-20-10(2)8-23-16/h3-8H,1-2H3,(H,20,21,22). The van der Waals surface area contributed by atoms with Gasteiger partial charge in [0.1, 0.15) is 5.69 Å². The first-order chi connectivity index (χ1) is 11.0. The summed E-state index contributed by atoms with van der Waals surface area (Å²) in [7, 11) is 0. The van der Waals surface area contributed by atoms with Crippen molar-refractivity contribution in [1.29, 1.82) is 0 Å². The van der Waals surface area contributed by atoms with Gasteiger partial charge in [0.05, 0.1) is 5.69 Å². The van der Waals surface area contributed by atoms with E-state index in [2.05, 4.69) is 20.3 Å². The highest BCUT2D eigenvalue weighted by Crippen LogP contribution is 2.22. The van der Waals surface area contributed by atoms with E-state index in [1.165, 1.54) is 23.6 Å². The second-order valence-corrected chi connectivity index (χ2v) is 5.86. The molecule has 1 amide bonds. The average Bonchev–Trinajstić information content (AvgIpc) is 2.91. The molecule has 7 heteroatoms. The minimum atomic E-state index is -0.568. The summed E-state index contributed by atoms with van der Waals surface area (Å²) in [6.45, 7) is 3.64. The molecule has 0 aliphatic heterocycles. The summed E-state index contributed by atoms with van der Waals surface area (Å²) in [5.74, 6) is -0.917. The number of thiazole rings is 1. The third kappa shape index (κ3) is 3.57. The van der Waals surface area contributed by atoms with E-state index < -0.39 is 5.95 Å². The highest BCUT2D eigenvalue weighted by Gasteiger charge is 2.12. The van der Waals surface area contributed by atoms with Crippen LogP contribution in [0.2, 0.25) is 0 Å². The second kappa shape index (κ2) is 6.21. The molecule has 0 saturated heterocycles. The fourth-order valence-electron chi connectivity index (χ4n) is 2.11. The van der Waals surface area contributed by atoms with Crippen molar-refractivity contribution in [3.63, 3.8) is 0 Å². The molecule has 23 heavy (non-hydrogen) atoms. The number of hydrogen-bond acceptors (Lipinski definition) is 5. The van der Waals surface area contributed by atoms with Crippen molar-refractivity contribution in [3.05, 3.63) is 58.9 Å². The van der Waals surface area contributed by atoms with Gasteiger partial charge in [-0.3, -0.25) is 10.1 Å². The molecule has 3 aromatic rings. The zero-order valence-corrected chi connectivity index (χ0v) is 13.3. The summed E-state index contributed by atoms with van der Waals surface area (Å²) in [6, 6.07) is 6.42. The highest BCUT2D eigenvalue weighted by molar-refractivity contribution is 7.13. The molecule has 0 unspecified atom stereocenters. The minimum absolute atomic E-state index is 0.255. The molecule has 0 aliphatic rings. The van der Waals surface area contributed by atoms with E-state index >= 15 is 0 Å². The lowest BCUT2D eigenvalue weighted by Gasteiger charge is -2.07. The largest absolute Gasteiger partial charge is 0.296 e. The lowest BCUT2D eigenvalue weighted by molar-refractivity contribution is 0.102. The zero-order chi connectivity index (χ0) is 16.4. The molecule has 0 radical (unpaired) electrons. The number of rotatable bonds is 3. The number of nitrogens with one attached hydrogen (secondary N) is 1. The Morgan fingerprint density at radius 2 is 1.96 bits per heavy atom. The van der Waals surface area contributed by atoms with Gasteiger partial charge in [0.25, 0.3) is 5.91 Å². The highest BCUT2D eigenvalue weighted by atomic mass is 32.1. The van der Waals surface area contributed by atoms with Gasteiger partial charge >= 0.3 is 0 Å². The van der Waals surface area contributed by atoms with Crippen LogP contribution in [0, 0.1) is 19.8 Å². The molecule has 5 nitrogen and oxygen atoms in total. The number of carbonyl (C=O) groups is 1. The molecule has 0 aliphatic carbocycles. The third-order valence-electron chi connectivity index (χ3n) is 3.09. The summed E-state index contributed by atoms with van der Waals surface area (Å²) in [5.41, 5.74) is 3.11. The fourth-order valence-corrected chi connectivity index (χ4v) is 2.79. The maximum Gasteiger partial charge on any atom is 0.276 e. The van der Waals surface area contributed by atoms with Crippen LogP contribution in [-0.4, -0.2) is 20.9 Å². The quantitative estimate of drug-likeness (QED) is 0.746. The summed E-state index contributed by atoms with van der Waals surface area (Å²) in [5, 5.41) is 5.09. The summed E-state index contributed by atoms with van der Waals surface area (Å²) >= 11 is 1.35. The van der Waals surface area contributed by atoms with E-state index in [1.807, 2.05) is 12.3 Å². The van der Waals surface area contributed by atoms with Crippen molar-refractivity contribution >= 4 is 22.4 Å². The van der Waals surface area contributed by atoms with Crippen molar-refractivity contribution in [3.8, 4) is 11.1 Å². The van der Waals surface area contributed by atoms with E-state index in [1.54, 1.807) is 25.1 Å². The summed E-state index contributed by atoms with van der Waals surface area (Å²) in [6.07, 6.45) is 1.39. The van der Waals surface area contributed by atoms with Gasteiger partial charge in [0.15, 0.2) is 5.13 Å². The molecule has 0 spiro atoms. The molecule has 3 rings (SSSR count). The number of anilines is 1. The van der Waals surface area contributed by atoms with Crippen LogP contribution in [-0.2, 0) is 0 Å². The van der Waals surface area contributed by atoms with Crippen molar-refractivity contribution in [2.45, 2.75) is 13.8 Å². The molecule has 3 heterocycles. The number of pyridine rings is 2. The smallest absolute Gasteiger partial charge is 0.276 e. The molecular formula is C16H13FN4OS. The molecule has 0 saturated carbocycles. The predicted molar refractivity (Wildman–Crippen MR) is 87.0 cm³/mol. The zero-order valence-electron chi connectivity index (χ0n) is 12.5.